The summed E-state index contributed by atoms with van der Waals surface area (Å²) in [5.41, 5.74) is 0.901. The summed E-state index contributed by atoms with van der Waals surface area (Å²) in [5.74, 6) is 0.131. The van der Waals surface area contributed by atoms with Gasteiger partial charge in [0, 0.05) is 13.7 Å². The summed E-state index contributed by atoms with van der Waals surface area (Å²) in [6.07, 6.45) is 2.51. The van der Waals surface area contributed by atoms with Gasteiger partial charge in [-0.2, -0.15) is 0 Å². The van der Waals surface area contributed by atoms with E-state index in [2.05, 4.69) is 53.1 Å². The van der Waals surface area contributed by atoms with Gasteiger partial charge in [-0.05, 0) is 48.7 Å². The standard InChI is InChI=1S/C20H26N2O2.ClH/c1-24-15-20(10-13-21-14-11-20)19(23)22-12-9-17-7-4-6-16-5-2-3-8-18(16)17;/h2-8,21H,9-15H2,1H3,(H,22,23);1H. The van der Waals surface area contributed by atoms with Crippen molar-refractivity contribution < 1.29 is 9.53 Å². The molecule has 3 rings (SSSR count). The third-order valence-corrected chi connectivity index (χ3v) is 5.02. The van der Waals surface area contributed by atoms with Crippen LogP contribution < -0.4 is 10.6 Å². The fourth-order valence-corrected chi connectivity index (χ4v) is 3.63. The second kappa shape index (κ2) is 9.18. The average molecular weight is 363 g/mol. The highest BCUT2D eigenvalue weighted by Gasteiger charge is 2.39. The zero-order valence-electron chi connectivity index (χ0n) is 14.7. The molecule has 0 unspecified atom stereocenters. The summed E-state index contributed by atoms with van der Waals surface area (Å²) in [7, 11) is 1.67. The molecule has 0 bridgehead atoms. The van der Waals surface area contributed by atoms with Crippen molar-refractivity contribution in [1.82, 2.24) is 10.6 Å². The van der Waals surface area contributed by atoms with Crippen molar-refractivity contribution in [2.75, 3.05) is 33.4 Å². The molecule has 1 fully saturated rings. The first-order chi connectivity index (χ1) is 11.7. The van der Waals surface area contributed by atoms with E-state index in [4.69, 9.17) is 4.74 Å². The molecular formula is C20H27ClN2O2. The van der Waals surface area contributed by atoms with E-state index in [0.29, 0.717) is 13.2 Å². The Morgan fingerprint density at radius 3 is 2.64 bits per heavy atom. The Hall–Kier alpha value is -1.62. The van der Waals surface area contributed by atoms with Crippen LogP contribution in [-0.2, 0) is 16.0 Å². The van der Waals surface area contributed by atoms with Crippen LogP contribution in [0.25, 0.3) is 10.8 Å². The molecule has 0 aliphatic carbocycles. The predicted octanol–water partition coefficient (Wildman–Crippen LogP) is 2.94. The normalized spacial score (nSPS) is 16.2. The number of piperidine rings is 1. The number of carbonyl (C=O) groups is 1. The SMILES string of the molecule is COCC1(C(=O)NCCc2cccc3ccccc23)CCNCC1.Cl. The minimum atomic E-state index is -0.376. The molecule has 2 aromatic rings. The number of benzene rings is 2. The lowest BCUT2D eigenvalue weighted by molar-refractivity contribution is -0.136. The highest BCUT2D eigenvalue weighted by atomic mass is 35.5. The Morgan fingerprint density at radius 1 is 1.16 bits per heavy atom. The van der Waals surface area contributed by atoms with Crippen LogP contribution in [0.3, 0.4) is 0 Å². The number of nitrogens with one attached hydrogen (secondary N) is 2. The monoisotopic (exact) mass is 362 g/mol. The van der Waals surface area contributed by atoms with Crippen molar-refractivity contribution >= 4 is 29.1 Å². The summed E-state index contributed by atoms with van der Waals surface area (Å²) in [6, 6.07) is 14.7. The van der Waals surface area contributed by atoms with Gasteiger partial charge in [0.25, 0.3) is 0 Å². The summed E-state index contributed by atoms with van der Waals surface area (Å²) >= 11 is 0. The molecule has 2 aromatic carbocycles. The number of rotatable bonds is 6. The molecule has 1 saturated heterocycles. The van der Waals surface area contributed by atoms with Gasteiger partial charge in [0.1, 0.15) is 0 Å². The zero-order chi connectivity index (χ0) is 16.8. The molecule has 136 valence electrons. The number of hydrogen-bond acceptors (Lipinski definition) is 3. The smallest absolute Gasteiger partial charge is 0.228 e. The molecule has 1 aliphatic heterocycles. The molecular weight excluding hydrogens is 336 g/mol. The number of ether oxygens (including phenoxy) is 1. The highest BCUT2D eigenvalue weighted by Crippen LogP contribution is 2.29. The highest BCUT2D eigenvalue weighted by molar-refractivity contribution is 5.86. The van der Waals surface area contributed by atoms with E-state index >= 15 is 0 Å². The predicted molar refractivity (Wildman–Crippen MR) is 104 cm³/mol. The van der Waals surface area contributed by atoms with E-state index in [1.807, 2.05) is 0 Å². The average Bonchev–Trinajstić information content (AvgIpc) is 2.63. The lowest BCUT2D eigenvalue weighted by Gasteiger charge is -2.35. The molecule has 0 aromatic heterocycles. The molecule has 1 amide bonds. The fourth-order valence-electron chi connectivity index (χ4n) is 3.63. The minimum Gasteiger partial charge on any atom is -0.384 e. The molecule has 0 saturated carbocycles. The second-order valence-electron chi connectivity index (χ2n) is 6.61. The van der Waals surface area contributed by atoms with Crippen molar-refractivity contribution in [3.63, 3.8) is 0 Å². The van der Waals surface area contributed by atoms with Crippen LogP contribution in [0.2, 0.25) is 0 Å². The van der Waals surface area contributed by atoms with Crippen LogP contribution in [0.4, 0.5) is 0 Å². The maximum Gasteiger partial charge on any atom is 0.228 e. The Bertz CT molecular complexity index is 688. The Labute approximate surface area is 155 Å². The van der Waals surface area contributed by atoms with E-state index < -0.39 is 0 Å². The Kier molecular flexibility index (Phi) is 7.24. The number of methoxy groups -OCH3 is 1. The van der Waals surface area contributed by atoms with Gasteiger partial charge in [-0.1, -0.05) is 42.5 Å². The topological polar surface area (TPSA) is 50.4 Å². The Balaban J connectivity index is 0.00000225. The molecule has 0 spiro atoms. The molecule has 0 atom stereocenters. The maximum absolute atomic E-state index is 12.7. The third kappa shape index (κ3) is 4.51. The number of hydrogen-bond donors (Lipinski definition) is 2. The van der Waals surface area contributed by atoms with E-state index in [9.17, 15) is 4.79 Å². The van der Waals surface area contributed by atoms with Crippen LogP contribution in [-0.4, -0.2) is 39.3 Å². The summed E-state index contributed by atoms with van der Waals surface area (Å²) < 4.78 is 5.34. The molecule has 1 aliphatic rings. The molecule has 4 nitrogen and oxygen atoms in total. The fraction of sp³-hybridized carbons (Fsp3) is 0.450. The summed E-state index contributed by atoms with van der Waals surface area (Å²) in [4.78, 5) is 12.7. The molecule has 2 N–H and O–H groups in total. The second-order valence-corrected chi connectivity index (χ2v) is 6.61. The van der Waals surface area contributed by atoms with Crippen molar-refractivity contribution in [3.8, 4) is 0 Å². The van der Waals surface area contributed by atoms with Gasteiger partial charge < -0.3 is 15.4 Å². The largest absolute Gasteiger partial charge is 0.384 e. The van der Waals surface area contributed by atoms with Crippen LogP contribution in [0.1, 0.15) is 18.4 Å². The van der Waals surface area contributed by atoms with E-state index in [1.165, 1.54) is 16.3 Å². The molecule has 0 radical (unpaired) electrons. The lowest BCUT2D eigenvalue weighted by atomic mass is 9.78. The van der Waals surface area contributed by atoms with E-state index in [-0.39, 0.29) is 23.7 Å². The molecule has 1 heterocycles. The van der Waals surface area contributed by atoms with Crippen molar-refractivity contribution in [2.45, 2.75) is 19.3 Å². The van der Waals surface area contributed by atoms with Crippen LogP contribution in [0.15, 0.2) is 42.5 Å². The quantitative estimate of drug-likeness (QED) is 0.830. The van der Waals surface area contributed by atoms with Crippen molar-refractivity contribution in [1.29, 1.82) is 0 Å². The Morgan fingerprint density at radius 2 is 1.88 bits per heavy atom. The van der Waals surface area contributed by atoms with Gasteiger partial charge in [0.2, 0.25) is 5.91 Å². The van der Waals surface area contributed by atoms with Gasteiger partial charge in [-0.3, -0.25) is 4.79 Å². The van der Waals surface area contributed by atoms with Gasteiger partial charge >= 0.3 is 0 Å². The maximum atomic E-state index is 12.7. The van der Waals surface area contributed by atoms with Crippen molar-refractivity contribution in [3.05, 3.63) is 48.0 Å². The number of carbonyl (C=O) groups excluding carboxylic acids is 1. The van der Waals surface area contributed by atoms with Crippen LogP contribution in [0.5, 0.6) is 0 Å². The number of halogens is 1. The third-order valence-electron chi connectivity index (χ3n) is 5.02. The minimum absolute atomic E-state index is 0. The number of fused-ring (bicyclic) bond motifs is 1. The van der Waals surface area contributed by atoms with E-state index in [1.54, 1.807) is 7.11 Å². The first-order valence-electron chi connectivity index (χ1n) is 8.70. The van der Waals surface area contributed by atoms with Gasteiger partial charge in [-0.15, -0.1) is 12.4 Å². The van der Waals surface area contributed by atoms with Crippen LogP contribution >= 0.6 is 12.4 Å². The molecule has 25 heavy (non-hydrogen) atoms. The first kappa shape index (κ1) is 19.7. The molecule has 5 heteroatoms. The first-order valence-corrected chi connectivity index (χ1v) is 8.70. The van der Waals surface area contributed by atoms with E-state index in [0.717, 1.165) is 32.4 Å². The van der Waals surface area contributed by atoms with Crippen LogP contribution in [0, 0.1) is 5.41 Å². The number of amides is 1. The van der Waals surface area contributed by atoms with Gasteiger partial charge in [0.05, 0.1) is 12.0 Å². The lowest BCUT2D eigenvalue weighted by Crippen LogP contribution is -2.50. The van der Waals surface area contributed by atoms with Gasteiger partial charge in [-0.25, -0.2) is 0 Å². The van der Waals surface area contributed by atoms with Gasteiger partial charge in [0.15, 0.2) is 0 Å². The summed E-state index contributed by atoms with van der Waals surface area (Å²) in [5, 5.41) is 8.98. The zero-order valence-corrected chi connectivity index (χ0v) is 15.5. The summed E-state index contributed by atoms with van der Waals surface area (Å²) in [6.45, 7) is 2.90. The van der Waals surface area contributed by atoms with Crippen molar-refractivity contribution in [2.24, 2.45) is 5.41 Å².